The lowest BCUT2D eigenvalue weighted by atomic mass is 10.1. The number of aliphatic hydroxyl groups excluding tert-OH is 1. The van der Waals surface area contributed by atoms with E-state index in [2.05, 4.69) is 4.90 Å². The summed E-state index contributed by atoms with van der Waals surface area (Å²) in [5.41, 5.74) is 1.34. The van der Waals surface area contributed by atoms with E-state index in [1.165, 1.54) is 0 Å². The lowest BCUT2D eigenvalue weighted by Gasteiger charge is -2.22. The lowest BCUT2D eigenvalue weighted by Crippen LogP contribution is -2.36. The predicted molar refractivity (Wildman–Crippen MR) is 76.9 cm³/mol. The first-order chi connectivity index (χ1) is 9.61. The van der Waals surface area contributed by atoms with Gasteiger partial charge in [-0.25, -0.2) is 0 Å². The molecule has 1 aromatic carbocycles. The minimum atomic E-state index is -0.114. The molecule has 1 heterocycles. The van der Waals surface area contributed by atoms with Crippen LogP contribution in [0.5, 0.6) is 5.75 Å². The van der Waals surface area contributed by atoms with Crippen molar-refractivity contribution in [1.82, 2.24) is 9.80 Å². The van der Waals surface area contributed by atoms with Crippen LogP contribution in [0.15, 0.2) is 18.2 Å². The van der Waals surface area contributed by atoms with E-state index in [1.54, 1.807) is 23.1 Å². The summed E-state index contributed by atoms with van der Waals surface area (Å²) in [5, 5.41) is 18.8. The maximum atomic E-state index is 12.5. The number of hydrogen-bond acceptors (Lipinski definition) is 4. The Bertz CT molecular complexity index is 476. The van der Waals surface area contributed by atoms with Crippen molar-refractivity contribution in [3.63, 3.8) is 0 Å². The molecule has 1 saturated heterocycles. The molecule has 0 aliphatic carbocycles. The number of carbonyl (C=O) groups is 1. The molecular weight excluding hydrogens is 256 g/mol. The number of aryl methyl sites for hydroxylation is 1. The van der Waals surface area contributed by atoms with Crippen LogP contribution in [-0.4, -0.2) is 65.3 Å². The summed E-state index contributed by atoms with van der Waals surface area (Å²) in [6.07, 6.45) is 0.887. The van der Waals surface area contributed by atoms with Gasteiger partial charge in [-0.05, 0) is 32.0 Å². The number of aromatic hydroxyl groups is 1. The minimum Gasteiger partial charge on any atom is -0.507 e. The van der Waals surface area contributed by atoms with Gasteiger partial charge in [0.15, 0.2) is 0 Å². The number of phenolic OH excluding ortho intramolecular Hbond substituents is 1. The molecule has 0 bridgehead atoms. The molecule has 20 heavy (non-hydrogen) atoms. The quantitative estimate of drug-likeness (QED) is 0.860. The van der Waals surface area contributed by atoms with Crippen LogP contribution >= 0.6 is 0 Å². The monoisotopic (exact) mass is 278 g/mol. The molecule has 2 rings (SSSR count). The van der Waals surface area contributed by atoms with Crippen molar-refractivity contribution in [1.29, 1.82) is 0 Å². The van der Waals surface area contributed by atoms with Gasteiger partial charge in [-0.1, -0.05) is 11.6 Å². The highest BCUT2D eigenvalue weighted by atomic mass is 16.3. The van der Waals surface area contributed by atoms with E-state index in [-0.39, 0.29) is 18.3 Å². The molecule has 1 aromatic rings. The van der Waals surface area contributed by atoms with Crippen LogP contribution in [0.4, 0.5) is 0 Å². The second kappa shape index (κ2) is 6.72. The third kappa shape index (κ3) is 3.49. The second-order valence-corrected chi connectivity index (χ2v) is 5.23. The SMILES string of the molecule is Cc1ccc(O)c(C(=O)N2CCCN(CCO)CC2)c1. The zero-order valence-corrected chi connectivity index (χ0v) is 11.9. The number of carbonyl (C=O) groups excluding carboxylic acids is 1. The molecule has 1 fully saturated rings. The van der Waals surface area contributed by atoms with Crippen molar-refractivity contribution in [3.8, 4) is 5.75 Å². The van der Waals surface area contributed by atoms with Crippen LogP contribution in [0.3, 0.4) is 0 Å². The summed E-state index contributed by atoms with van der Waals surface area (Å²) in [4.78, 5) is 16.4. The number of hydrogen-bond donors (Lipinski definition) is 2. The van der Waals surface area contributed by atoms with Crippen molar-refractivity contribution in [2.75, 3.05) is 39.3 Å². The van der Waals surface area contributed by atoms with Crippen molar-refractivity contribution >= 4 is 5.91 Å². The van der Waals surface area contributed by atoms with Crippen molar-refractivity contribution < 1.29 is 15.0 Å². The first kappa shape index (κ1) is 14.8. The molecule has 110 valence electrons. The number of aliphatic hydroxyl groups is 1. The van der Waals surface area contributed by atoms with E-state index in [1.807, 2.05) is 6.92 Å². The van der Waals surface area contributed by atoms with Gasteiger partial charge in [0.1, 0.15) is 5.75 Å². The van der Waals surface area contributed by atoms with E-state index in [4.69, 9.17) is 5.11 Å². The molecule has 0 radical (unpaired) electrons. The van der Waals surface area contributed by atoms with E-state index < -0.39 is 0 Å². The second-order valence-electron chi connectivity index (χ2n) is 5.23. The Morgan fingerprint density at radius 2 is 2.05 bits per heavy atom. The standard InChI is InChI=1S/C15H22N2O3/c1-12-3-4-14(19)13(11-12)15(20)17-6-2-5-16(7-8-17)9-10-18/h3-4,11,18-19H,2,5-10H2,1H3. The Balaban J connectivity index is 2.07. The van der Waals surface area contributed by atoms with Crippen LogP contribution in [0, 0.1) is 6.92 Å². The van der Waals surface area contributed by atoms with Crippen molar-refractivity contribution in [2.24, 2.45) is 0 Å². The first-order valence-corrected chi connectivity index (χ1v) is 7.04. The van der Waals surface area contributed by atoms with Crippen LogP contribution in [0.25, 0.3) is 0 Å². The fourth-order valence-corrected chi connectivity index (χ4v) is 2.53. The highest BCUT2D eigenvalue weighted by molar-refractivity contribution is 5.97. The van der Waals surface area contributed by atoms with E-state index >= 15 is 0 Å². The maximum absolute atomic E-state index is 12.5. The lowest BCUT2D eigenvalue weighted by molar-refractivity contribution is 0.0757. The number of amides is 1. The van der Waals surface area contributed by atoms with Gasteiger partial charge in [0.05, 0.1) is 12.2 Å². The van der Waals surface area contributed by atoms with Gasteiger partial charge in [-0.15, -0.1) is 0 Å². The minimum absolute atomic E-state index is 0.0389. The van der Waals surface area contributed by atoms with Gasteiger partial charge < -0.3 is 15.1 Å². The Kier molecular flexibility index (Phi) is 4.98. The Hall–Kier alpha value is -1.59. The Morgan fingerprint density at radius 1 is 1.25 bits per heavy atom. The molecule has 2 N–H and O–H groups in total. The fourth-order valence-electron chi connectivity index (χ4n) is 2.53. The zero-order chi connectivity index (χ0) is 14.5. The fraction of sp³-hybridized carbons (Fsp3) is 0.533. The number of rotatable bonds is 3. The molecule has 0 atom stereocenters. The summed E-state index contributed by atoms with van der Waals surface area (Å²) in [6.45, 7) is 5.68. The molecule has 1 amide bonds. The van der Waals surface area contributed by atoms with Gasteiger partial charge in [-0.2, -0.15) is 0 Å². The maximum Gasteiger partial charge on any atom is 0.257 e. The molecule has 1 aliphatic rings. The molecule has 5 heteroatoms. The average Bonchev–Trinajstić information content (AvgIpc) is 2.67. The number of benzene rings is 1. The molecule has 0 saturated carbocycles. The zero-order valence-electron chi connectivity index (χ0n) is 11.9. The summed E-state index contributed by atoms with van der Waals surface area (Å²) in [7, 11) is 0. The summed E-state index contributed by atoms with van der Waals surface area (Å²) >= 11 is 0. The predicted octanol–water partition coefficient (Wildman–Crippen LogP) is 0.841. The smallest absolute Gasteiger partial charge is 0.257 e. The Labute approximate surface area is 119 Å². The van der Waals surface area contributed by atoms with Crippen molar-refractivity contribution in [2.45, 2.75) is 13.3 Å². The molecular formula is C15H22N2O3. The van der Waals surface area contributed by atoms with Gasteiger partial charge in [0.2, 0.25) is 0 Å². The van der Waals surface area contributed by atoms with Crippen LogP contribution in [0.2, 0.25) is 0 Å². The Morgan fingerprint density at radius 3 is 2.80 bits per heavy atom. The largest absolute Gasteiger partial charge is 0.507 e. The van der Waals surface area contributed by atoms with Gasteiger partial charge >= 0.3 is 0 Å². The van der Waals surface area contributed by atoms with Crippen LogP contribution < -0.4 is 0 Å². The first-order valence-electron chi connectivity index (χ1n) is 7.04. The van der Waals surface area contributed by atoms with Crippen LogP contribution in [-0.2, 0) is 0 Å². The van der Waals surface area contributed by atoms with Gasteiger partial charge in [-0.3, -0.25) is 9.69 Å². The van der Waals surface area contributed by atoms with E-state index in [0.717, 1.165) is 25.1 Å². The average molecular weight is 278 g/mol. The van der Waals surface area contributed by atoms with E-state index in [0.29, 0.717) is 25.2 Å². The highest BCUT2D eigenvalue weighted by Crippen LogP contribution is 2.20. The highest BCUT2D eigenvalue weighted by Gasteiger charge is 2.22. The molecule has 1 aliphatic heterocycles. The normalized spacial score (nSPS) is 17.0. The summed E-state index contributed by atoms with van der Waals surface area (Å²) in [5.74, 6) is -0.0749. The number of phenols is 1. The third-order valence-corrected chi connectivity index (χ3v) is 3.67. The van der Waals surface area contributed by atoms with Crippen LogP contribution in [0.1, 0.15) is 22.3 Å². The van der Waals surface area contributed by atoms with Gasteiger partial charge in [0.25, 0.3) is 5.91 Å². The molecule has 0 aromatic heterocycles. The molecule has 5 nitrogen and oxygen atoms in total. The number of β-amino-alcohol motifs (C(OH)–C–C–N with tert-alkyl or cyclic N) is 1. The van der Waals surface area contributed by atoms with Crippen molar-refractivity contribution in [3.05, 3.63) is 29.3 Å². The molecule has 0 spiro atoms. The summed E-state index contributed by atoms with van der Waals surface area (Å²) < 4.78 is 0. The topological polar surface area (TPSA) is 64.0 Å². The van der Waals surface area contributed by atoms with E-state index in [9.17, 15) is 9.90 Å². The van der Waals surface area contributed by atoms with Gasteiger partial charge in [0, 0.05) is 26.2 Å². The summed E-state index contributed by atoms with van der Waals surface area (Å²) in [6, 6.07) is 5.09. The third-order valence-electron chi connectivity index (χ3n) is 3.67. The molecule has 0 unspecified atom stereocenters. The number of nitrogens with zero attached hydrogens (tertiary/aromatic N) is 2.